The van der Waals surface area contributed by atoms with Crippen molar-refractivity contribution in [3.05, 3.63) is 35.4 Å². The molecule has 0 saturated carbocycles. The molecule has 0 unspecified atom stereocenters. The van der Waals surface area contributed by atoms with Crippen LogP contribution in [-0.4, -0.2) is 54.0 Å². The van der Waals surface area contributed by atoms with Gasteiger partial charge in [0.1, 0.15) is 18.2 Å². The fourth-order valence-electron chi connectivity index (χ4n) is 2.98. The van der Waals surface area contributed by atoms with Crippen molar-refractivity contribution in [1.29, 1.82) is 0 Å². The second-order valence-corrected chi connectivity index (χ2v) is 6.16. The third-order valence-corrected chi connectivity index (χ3v) is 4.36. The summed E-state index contributed by atoms with van der Waals surface area (Å²) >= 11 is 0. The molecule has 1 heterocycles. The van der Waals surface area contributed by atoms with Crippen LogP contribution in [0.4, 0.5) is 22.0 Å². The molecule has 4 nitrogen and oxygen atoms in total. The van der Waals surface area contributed by atoms with Crippen LogP contribution in [0.2, 0.25) is 0 Å². The van der Waals surface area contributed by atoms with Gasteiger partial charge in [0.05, 0.1) is 5.56 Å². The largest absolute Gasteiger partial charge is 0.406 e. The molecule has 0 spiro atoms. The number of carbonyl (C=O) groups excluding carboxylic acids is 2. The first-order chi connectivity index (χ1) is 12.1. The van der Waals surface area contributed by atoms with Gasteiger partial charge in [-0.3, -0.25) is 9.59 Å². The summed E-state index contributed by atoms with van der Waals surface area (Å²) in [4.78, 5) is 26.6. The normalized spacial score (nSPS) is 15.8. The lowest BCUT2D eigenvalue weighted by Gasteiger charge is -2.34. The molecular weight excluding hydrogens is 359 g/mol. The van der Waals surface area contributed by atoms with Crippen LogP contribution >= 0.6 is 0 Å². The number of rotatable bonds is 4. The van der Waals surface area contributed by atoms with E-state index in [0.29, 0.717) is 6.07 Å². The summed E-state index contributed by atoms with van der Waals surface area (Å²) in [5.41, 5.74) is -0.275. The van der Waals surface area contributed by atoms with Gasteiger partial charge >= 0.3 is 6.18 Å². The van der Waals surface area contributed by atoms with Crippen molar-refractivity contribution in [1.82, 2.24) is 9.80 Å². The summed E-state index contributed by atoms with van der Waals surface area (Å²) in [6, 6.07) is 2.63. The maximum Gasteiger partial charge on any atom is 0.406 e. The predicted octanol–water partition coefficient (Wildman–Crippen LogP) is 3.23. The highest BCUT2D eigenvalue weighted by Gasteiger charge is 2.36. The Morgan fingerprint density at radius 1 is 1.19 bits per heavy atom. The van der Waals surface area contributed by atoms with Crippen molar-refractivity contribution < 1.29 is 31.5 Å². The van der Waals surface area contributed by atoms with E-state index in [2.05, 4.69) is 0 Å². The Morgan fingerprint density at radius 3 is 2.31 bits per heavy atom. The maximum atomic E-state index is 13.7. The van der Waals surface area contributed by atoms with Crippen LogP contribution in [0.25, 0.3) is 0 Å². The van der Waals surface area contributed by atoms with E-state index in [1.54, 1.807) is 0 Å². The van der Waals surface area contributed by atoms with Gasteiger partial charge < -0.3 is 9.80 Å². The minimum absolute atomic E-state index is 0.0573. The summed E-state index contributed by atoms with van der Waals surface area (Å²) in [6.45, 7) is 0.353. The number of hydrogen-bond acceptors (Lipinski definition) is 2. The van der Waals surface area contributed by atoms with Gasteiger partial charge in [-0.15, -0.1) is 0 Å². The molecule has 9 heteroatoms. The molecule has 2 amide bonds. The fraction of sp³-hybridized carbons (Fsp3) is 0.529. The van der Waals surface area contributed by atoms with E-state index in [4.69, 9.17) is 0 Å². The molecule has 1 fully saturated rings. The topological polar surface area (TPSA) is 40.6 Å². The molecule has 0 aromatic heterocycles. The highest BCUT2D eigenvalue weighted by molar-refractivity contribution is 5.94. The Hall–Kier alpha value is -2.19. The molecule has 1 aliphatic rings. The van der Waals surface area contributed by atoms with E-state index in [9.17, 15) is 31.5 Å². The zero-order valence-corrected chi connectivity index (χ0v) is 14.2. The third kappa shape index (κ3) is 4.92. The molecule has 0 bridgehead atoms. The minimum Gasteiger partial charge on any atom is -0.339 e. The molecule has 26 heavy (non-hydrogen) atoms. The average Bonchev–Trinajstić information content (AvgIpc) is 2.58. The van der Waals surface area contributed by atoms with Crippen LogP contribution in [0.5, 0.6) is 0 Å². The highest BCUT2D eigenvalue weighted by Crippen LogP contribution is 2.24. The summed E-state index contributed by atoms with van der Waals surface area (Å²) in [5, 5.41) is 0. The molecule has 0 radical (unpaired) electrons. The number of halogens is 5. The second-order valence-electron chi connectivity index (χ2n) is 6.16. The Morgan fingerprint density at radius 2 is 1.81 bits per heavy atom. The first kappa shape index (κ1) is 20.1. The van der Waals surface area contributed by atoms with Crippen LogP contribution in [0, 0.1) is 17.6 Å². The lowest BCUT2D eigenvalue weighted by atomic mass is 9.94. The third-order valence-electron chi connectivity index (χ3n) is 4.36. The number of piperidine rings is 1. The zero-order chi connectivity index (χ0) is 19.5. The Balaban J connectivity index is 1.97. The van der Waals surface area contributed by atoms with E-state index in [-0.39, 0.29) is 38.0 Å². The average molecular weight is 378 g/mol. The fourth-order valence-corrected chi connectivity index (χ4v) is 2.98. The standard InChI is InChI=1S/C17H19F5N2O2/c1-2-23(10-17(20,21)22)15(25)11-5-7-24(8-6-11)16(26)13-4-3-12(18)9-14(13)19/h3-4,9,11H,2,5-8,10H2,1H3. The quantitative estimate of drug-likeness (QED) is 0.755. The van der Waals surface area contributed by atoms with Gasteiger partial charge in [-0.2, -0.15) is 13.2 Å². The Labute approximate surface area is 147 Å². The number of benzene rings is 1. The van der Waals surface area contributed by atoms with Gasteiger partial charge in [-0.05, 0) is 31.9 Å². The van der Waals surface area contributed by atoms with Gasteiger partial charge in [0.2, 0.25) is 5.91 Å². The smallest absolute Gasteiger partial charge is 0.339 e. The van der Waals surface area contributed by atoms with Crippen molar-refractivity contribution >= 4 is 11.8 Å². The van der Waals surface area contributed by atoms with Crippen molar-refractivity contribution in [3.8, 4) is 0 Å². The number of likely N-dealkylation sites (tertiary alicyclic amines) is 1. The van der Waals surface area contributed by atoms with E-state index < -0.39 is 42.1 Å². The molecule has 1 aromatic carbocycles. The maximum absolute atomic E-state index is 13.7. The molecule has 1 aliphatic heterocycles. The predicted molar refractivity (Wildman–Crippen MR) is 83.3 cm³/mol. The molecule has 0 aliphatic carbocycles. The molecule has 0 N–H and O–H groups in total. The van der Waals surface area contributed by atoms with Crippen molar-refractivity contribution in [3.63, 3.8) is 0 Å². The van der Waals surface area contributed by atoms with Gasteiger partial charge in [-0.1, -0.05) is 0 Å². The van der Waals surface area contributed by atoms with E-state index in [0.717, 1.165) is 17.0 Å². The van der Waals surface area contributed by atoms with Crippen molar-refractivity contribution in [2.75, 3.05) is 26.2 Å². The number of alkyl halides is 3. The molecule has 144 valence electrons. The first-order valence-corrected chi connectivity index (χ1v) is 8.22. The van der Waals surface area contributed by atoms with Crippen LogP contribution in [0.1, 0.15) is 30.1 Å². The van der Waals surface area contributed by atoms with Gasteiger partial charge in [0.25, 0.3) is 5.91 Å². The molecular formula is C17H19F5N2O2. The summed E-state index contributed by atoms with van der Waals surface area (Å²) in [7, 11) is 0. The van der Waals surface area contributed by atoms with E-state index in [1.165, 1.54) is 11.8 Å². The number of amides is 2. The molecule has 2 rings (SSSR count). The van der Waals surface area contributed by atoms with Crippen LogP contribution in [0.3, 0.4) is 0 Å². The van der Waals surface area contributed by atoms with Crippen LogP contribution in [-0.2, 0) is 4.79 Å². The van der Waals surface area contributed by atoms with Gasteiger partial charge in [0, 0.05) is 31.6 Å². The summed E-state index contributed by atoms with van der Waals surface area (Å²) < 4.78 is 64.2. The zero-order valence-electron chi connectivity index (χ0n) is 14.2. The summed E-state index contributed by atoms with van der Waals surface area (Å²) in [5.74, 6) is -3.61. The van der Waals surface area contributed by atoms with Gasteiger partial charge in [-0.25, -0.2) is 8.78 Å². The monoisotopic (exact) mass is 378 g/mol. The van der Waals surface area contributed by atoms with Crippen molar-refractivity contribution in [2.24, 2.45) is 5.92 Å². The lowest BCUT2D eigenvalue weighted by molar-refractivity contribution is -0.164. The van der Waals surface area contributed by atoms with Crippen LogP contribution < -0.4 is 0 Å². The first-order valence-electron chi connectivity index (χ1n) is 8.22. The molecule has 1 saturated heterocycles. The number of carbonyl (C=O) groups is 2. The Kier molecular flexibility index (Phi) is 6.20. The molecule has 0 atom stereocenters. The highest BCUT2D eigenvalue weighted by atomic mass is 19.4. The SMILES string of the molecule is CCN(CC(F)(F)F)C(=O)C1CCN(C(=O)c2ccc(F)cc2F)CC1. The van der Waals surface area contributed by atoms with E-state index >= 15 is 0 Å². The second kappa shape index (κ2) is 8.01. The van der Waals surface area contributed by atoms with Crippen LogP contribution in [0.15, 0.2) is 18.2 Å². The summed E-state index contributed by atoms with van der Waals surface area (Å²) in [6.07, 6.45) is -4.08. The lowest BCUT2D eigenvalue weighted by Crippen LogP contribution is -2.46. The minimum atomic E-state index is -4.47. The molecule has 1 aromatic rings. The van der Waals surface area contributed by atoms with E-state index in [1.807, 2.05) is 0 Å². The number of hydrogen-bond donors (Lipinski definition) is 0. The van der Waals surface area contributed by atoms with Gasteiger partial charge in [0.15, 0.2) is 0 Å². The Bertz CT molecular complexity index is 670. The number of nitrogens with zero attached hydrogens (tertiary/aromatic N) is 2. The van der Waals surface area contributed by atoms with Crippen molar-refractivity contribution in [2.45, 2.75) is 25.9 Å².